The Balaban J connectivity index is 1.97. The third-order valence-corrected chi connectivity index (χ3v) is 5.67. The second-order valence-electron chi connectivity index (χ2n) is 8.00. The second kappa shape index (κ2) is 12.0. The van der Waals surface area contributed by atoms with E-state index in [0.29, 0.717) is 28.4 Å². The molecule has 1 aliphatic carbocycles. The summed E-state index contributed by atoms with van der Waals surface area (Å²) in [6.45, 7) is 1.71. The molecule has 1 heterocycles. The predicted molar refractivity (Wildman–Crippen MR) is 133 cm³/mol. The van der Waals surface area contributed by atoms with Gasteiger partial charge in [0.05, 0.1) is 25.6 Å². The number of methoxy groups -OCH3 is 2. The molecule has 1 atom stereocenters. The molecule has 1 unspecified atom stereocenters. The summed E-state index contributed by atoms with van der Waals surface area (Å²) in [4.78, 5) is 41.3. The third kappa shape index (κ3) is 6.09. The zero-order chi connectivity index (χ0) is 26.1. The standard InChI is InChI=1S/C28H29NO7/c1-4-7-20(27(32)36-29-25(30)17-18-26(29)31)8-6-19-28(33,22-12-15-24(35-3)16-13-22)21-9-5-10-23(34-2)14-11-21/h4-9,11-16,19,33H,10,17-18H2,1-3H3/b7-4-,19-6+,20-8+. The Morgan fingerprint density at radius 2 is 1.75 bits per heavy atom. The molecule has 3 rings (SSSR count). The Morgan fingerprint density at radius 1 is 1.06 bits per heavy atom. The Bertz CT molecular complexity index is 1170. The first kappa shape index (κ1) is 26.4. The molecule has 0 radical (unpaired) electrons. The summed E-state index contributed by atoms with van der Waals surface area (Å²) in [6.07, 6.45) is 15.5. The van der Waals surface area contributed by atoms with Gasteiger partial charge in [0, 0.05) is 19.3 Å². The van der Waals surface area contributed by atoms with Crippen LogP contribution in [0.4, 0.5) is 0 Å². The third-order valence-electron chi connectivity index (χ3n) is 5.67. The molecule has 1 N–H and O–H groups in total. The number of hydrogen-bond donors (Lipinski definition) is 1. The molecule has 2 amide bonds. The van der Waals surface area contributed by atoms with E-state index in [1.165, 1.54) is 18.2 Å². The molecule has 0 bridgehead atoms. The Morgan fingerprint density at radius 3 is 2.36 bits per heavy atom. The van der Waals surface area contributed by atoms with Crippen molar-refractivity contribution in [1.29, 1.82) is 0 Å². The first-order valence-corrected chi connectivity index (χ1v) is 11.4. The van der Waals surface area contributed by atoms with E-state index in [1.54, 1.807) is 69.7 Å². The van der Waals surface area contributed by atoms with Crippen molar-refractivity contribution in [3.8, 4) is 5.75 Å². The van der Waals surface area contributed by atoms with Crippen LogP contribution in [0.5, 0.6) is 5.75 Å². The first-order valence-electron chi connectivity index (χ1n) is 11.4. The number of carbonyl (C=O) groups excluding carboxylic acids is 3. The van der Waals surface area contributed by atoms with Crippen LogP contribution in [-0.4, -0.2) is 42.2 Å². The molecule has 36 heavy (non-hydrogen) atoms. The van der Waals surface area contributed by atoms with Crippen LogP contribution < -0.4 is 4.74 Å². The normalized spacial score (nSPS) is 18.2. The topological polar surface area (TPSA) is 102 Å². The average molecular weight is 492 g/mol. The van der Waals surface area contributed by atoms with Crippen LogP contribution in [0.15, 0.2) is 95.9 Å². The van der Waals surface area contributed by atoms with Gasteiger partial charge in [-0.15, -0.1) is 5.06 Å². The number of aliphatic hydroxyl groups is 1. The Hall–Kier alpha value is -4.17. The largest absolute Gasteiger partial charge is 0.501 e. The minimum atomic E-state index is -1.56. The lowest BCUT2D eigenvalue weighted by atomic mass is 9.85. The maximum Gasteiger partial charge on any atom is 0.363 e. The van der Waals surface area contributed by atoms with Gasteiger partial charge in [0.2, 0.25) is 0 Å². The fourth-order valence-corrected chi connectivity index (χ4v) is 3.67. The molecule has 0 spiro atoms. The van der Waals surface area contributed by atoms with E-state index in [1.807, 2.05) is 12.2 Å². The molecule has 0 saturated carbocycles. The maximum absolute atomic E-state index is 12.7. The molecular formula is C28H29NO7. The van der Waals surface area contributed by atoms with Crippen molar-refractivity contribution in [2.75, 3.05) is 14.2 Å². The molecule has 1 saturated heterocycles. The highest BCUT2D eigenvalue weighted by Gasteiger charge is 2.33. The zero-order valence-electron chi connectivity index (χ0n) is 20.5. The van der Waals surface area contributed by atoms with Gasteiger partial charge >= 0.3 is 5.97 Å². The van der Waals surface area contributed by atoms with Crippen LogP contribution in [0.25, 0.3) is 0 Å². The number of ether oxygens (including phenoxy) is 2. The van der Waals surface area contributed by atoms with Crippen LogP contribution in [0, 0.1) is 0 Å². The van der Waals surface area contributed by atoms with Gasteiger partial charge in [0.1, 0.15) is 11.4 Å². The van der Waals surface area contributed by atoms with Crippen molar-refractivity contribution in [1.82, 2.24) is 5.06 Å². The fourth-order valence-electron chi connectivity index (χ4n) is 3.67. The van der Waals surface area contributed by atoms with Crippen molar-refractivity contribution >= 4 is 17.8 Å². The molecule has 188 valence electrons. The molecule has 1 aromatic rings. The molecule has 8 heteroatoms. The van der Waals surface area contributed by atoms with Gasteiger partial charge in [-0.05, 0) is 48.4 Å². The van der Waals surface area contributed by atoms with Gasteiger partial charge in [-0.1, -0.05) is 48.6 Å². The minimum Gasteiger partial charge on any atom is -0.501 e. The van der Waals surface area contributed by atoms with E-state index in [-0.39, 0.29) is 18.4 Å². The summed E-state index contributed by atoms with van der Waals surface area (Å²) >= 11 is 0. The van der Waals surface area contributed by atoms with Crippen molar-refractivity contribution in [3.05, 3.63) is 101 Å². The van der Waals surface area contributed by atoms with E-state index >= 15 is 0 Å². The molecular weight excluding hydrogens is 462 g/mol. The fraction of sp³-hybridized carbons (Fsp3) is 0.250. The quantitative estimate of drug-likeness (QED) is 0.317. The van der Waals surface area contributed by atoms with Gasteiger partial charge in [0.25, 0.3) is 11.8 Å². The number of rotatable bonds is 9. The molecule has 8 nitrogen and oxygen atoms in total. The number of carbonyl (C=O) groups is 3. The Kier molecular flexibility index (Phi) is 8.81. The van der Waals surface area contributed by atoms with E-state index in [0.717, 1.165) is 5.76 Å². The number of benzene rings is 1. The number of nitrogens with zero attached hydrogens (tertiary/aromatic N) is 1. The number of hydroxylamine groups is 2. The van der Waals surface area contributed by atoms with Crippen molar-refractivity contribution < 1.29 is 33.8 Å². The molecule has 1 fully saturated rings. The molecule has 1 aliphatic heterocycles. The van der Waals surface area contributed by atoms with Crippen molar-refractivity contribution in [2.24, 2.45) is 0 Å². The lowest BCUT2D eigenvalue weighted by Crippen LogP contribution is -2.32. The summed E-state index contributed by atoms with van der Waals surface area (Å²) < 4.78 is 10.6. The molecule has 2 aliphatic rings. The molecule has 0 aromatic heterocycles. The van der Waals surface area contributed by atoms with E-state index in [9.17, 15) is 19.5 Å². The summed E-state index contributed by atoms with van der Waals surface area (Å²) in [5.74, 6) is -0.607. The van der Waals surface area contributed by atoms with Gasteiger partial charge in [-0.25, -0.2) is 4.79 Å². The average Bonchev–Trinajstić information content (AvgIpc) is 3.06. The van der Waals surface area contributed by atoms with Crippen molar-refractivity contribution in [3.63, 3.8) is 0 Å². The van der Waals surface area contributed by atoms with Gasteiger partial charge in [-0.3, -0.25) is 9.59 Å². The summed E-state index contributed by atoms with van der Waals surface area (Å²) in [5, 5.41) is 12.4. The lowest BCUT2D eigenvalue weighted by Gasteiger charge is -2.27. The number of hydrogen-bond acceptors (Lipinski definition) is 7. The Labute approximate surface area is 210 Å². The van der Waals surface area contributed by atoms with Crippen molar-refractivity contribution in [2.45, 2.75) is 31.8 Å². The molecule has 1 aromatic carbocycles. The highest BCUT2D eigenvalue weighted by molar-refractivity contribution is 6.03. The second-order valence-corrected chi connectivity index (χ2v) is 8.00. The van der Waals surface area contributed by atoms with E-state index < -0.39 is 23.4 Å². The maximum atomic E-state index is 12.7. The van der Waals surface area contributed by atoms with Crippen LogP contribution >= 0.6 is 0 Å². The van der Waals surface area contributed by atoms with Crippen LogP contribution in [0.1, 0.15) is 31.7 Å². The summed E-state index contributed by atoms with van der Waals surface area (Å²) in [6, 6.07) is 6.99. The van der Waals surface area contributed by atoms with Gasteiger partial charge in [-0.2, -0.15) is 0 Å². The smallest absolute Gasteiger partial charge is 0.363 e. The minimum absolute atomic E-state index is 0.00539. The SMILES string of the molecule is C\C=C/C(=C\C=C\C(O)(C1=CC=C(OC)CC=C1)c1ccc(OC)cc1)C(=O)ON1C(=O)CCC1=O. The summed E-state index contributed by atoms with van der Waals surface area (Å²) in [5.41, 5.74) is -0.329. The highest BCUT2D eigenvalue weighted by Crippen LogP contribution is 2.34. The van der Waals surface area contributed by atoms with E-state index in [2.05, 4.69) is 0 Å². The first-order chi connectivity index (χ1) is 17.3. The number of allylic oxidation sites excluding steroid dienone is 6. The highest BCUT2D eigenvalue weighted by atomic mass is 16.7. The van der Waals surface area contributed by atoms with Crippen LogP contribution in [-0.2, 0) is 29.6 Å². The van der Waals surface area contributed by atoms with Crippen LogP contribution in [0.2, 0.25) is 0 Å². The zero-order valence-corrected chi connectivity index (χ0v) is 20.5. The number of amides is 2. The van der Waals surface area contributed by atoms with Gasteiger partial charge in [0.15, 0.2) is 0 Å². The number of imide groups is 1. The van der Waals surface area contributed by atoms with Crippen LogP contribution in [0.3, 0.4) is 0 Å². The summed E-state index contributed by atoms with van der Waals surface area (Å²) in [7, 11) is 3.15. The monoisotopic (exact) mass is 491 g/mol. The predicted octanol–water partition coefficient (Wildman–Crippen LogP) is 3.97. The van der Waals surface area contributed by atoms with Gasteiger partial charge < -0.3 is 19.4 Å². The van der Waals surface area contributed by atoms with E-state index in [4.69, 9.17) is 14.3 Å². The lowest BCUT2D eigenvalue weighted by molar-refractivity contribution is -0.194.